The molecule has 0 amide bonds. The highest BCUT2D eigenvalue weighted by Gasteiger charge is 2.15. The van der Waals surface area contributed by atoms with Gasteiger partial charge in [0.2, 0.25) is 5.88 Å². The Kier molecular flexibility index (Phi) is 4.62. The normalized spacial score (nSPS) is 11.2. The summed E-state index contributed by atoms with van der Waals surface area (Å²) in [5.41, 5.74) is 7.35. The van der Waals surface area contributed by atoms with Gasteiger partial charge in [-0.15, -0.1) is 0 Å². The standard InChI is InChI=1S/C16H22N4O/c1-16(2,3)21-15-13(17)4-5-14(20-15)19-11-8-12-6-9-18-10-7-12/h4-7,9-10H,8,11,17H2,1-3H3,(H,19,20). The molecule has 3 N–H and O–H groups in total. The Morgan fingerprint density at radius 3 is 2.52 bits per heavy atom. The van der Waals surface area contributed by atoms with E-state index in [1.54, 1.807) is 12.4 Å². The third-order valence-electron chi connectivity index (χ3n) is 2.76. The number of aromatic nitrogens is 2. The van der Waals surface area contributed by atoms with E-state index in [2.05, 4.69) is 15.3 Å². The van der Waals surface area contributed by atoms with Gasteiger partial charge in [0.15, 0.2) is 0 Å². The molecule has 0 aliphatic rings. The van der Waals surface area contributed by atoms with Crippen LogP contribution in [0.5, 0.6) is 5.88 Å². The van der Waals surface area contributed by atoms with Gasteiger partial charge in [0, 0.05) is 18.9 Å². The quantitative estimate of drug-likeness (QED) is 0.884. The fourth-order valence-electron chi connectivity index (χ4n) is 1.81. The summed E-state index contributed by atoms with van der Waals surface area (Å²) in [6.07, 6.45) is 4.50. The van der Waals surface area contributed by atoms with Crippen LogP contribution >= 0.6 is 0 Å². The first-order valence-corrected chi connectivity index (χ1v) is 7.02. The van der Waals surface area contributed by atoms with Crippen molar-refractivity contribution in [2.24, 2.45) is 0 Å². The van der Waals surface area contributed by atoms with E-state index in [1.165, 1.54) is 5.56 Å². The molecule has 2 aromatic heterocycles. The topological polar surface area (TPSA) is 73.1 Å². The molecule has 0 unspecified atom stereocenters. The maximum atomic E-state index is 5.89. The summed E-state index contributed by atoms with van der Waals surface area (Å²) >= 11 is 0. The molecule has 0 bridgehead atoms. The lowest BCUT2D eigenvalue weighted by Gasteiger charge is -2.21. The molecule has 5 nitrogen and oxygen atoms in total. The van der Waals surface area contributed by atoms with E-state index in [9.17, 15) is 0 Å². The molecule has 0 aliphatic carbocycles. The second-order valence-corrected chi connectivity index (χ2v) is 5.84. The molecule has 0 radical (unpaired) electrons. The fourth-order valence-corrected chi connectivity index (χ4v) is 1.81. The third kappa shape index (κ3) is 4.95. The van der Waals surface area contributed by atoms with Gasteiger partial charge in [-0.2, -0.15) is 4.98 Å². The fraction of sp³-hybridized carbons (Fsp3) is 0.375. The summed E-state index contributed by atoms with van der Waals surface area (Å²) in [4.78, 5) is 8.42. The van der Waals surface area contributed by atoms with Crippen molar-refractivity contribution in [1.82, 2.24) is 9.97 Å². The zero-order chi connectivity index (χ0) is 15.3. The lowest BCUT2D eigenvalue weighted by atomic mass is 10.2. The molecule has 21 heavy (non-hydrogen) atoms. The summed E-state index contributed by atoms with van der Waals surface area (Å²) in [6.45, 7) is 6.70. The zero-order valence-electron chi connectivity index (χ0n) is 12.8. The molecule has 2 heterocycles. The summed E-state index contributed by atoms with van der Waals surface area (Å²) in [7, 11) is 0. The van der Waals surface area contributed by atoms with Gasteiger partial charge in [0.1, 0.15) is 11.4 Å². The van der Waals surface area contributed by atoms with E-state index in [-0.39, 0.29) is 5.60 Å². The van der Waals surface area contributed by atoms with Gasteiger partial charge < -0.3 is 15.8 Å². The van der Waals surface area contributed by atoms with Crippen LogP contribution in [0.1, 0.15) is 26.3 Å². The van der Waals surface area contributed by atoms with Gasteiger partial charge in [-0.25, -0.2) is 0 Å². The van der Waals surface area contributed by atoms with Gasteiger partial charge in [0.05, 0.1) is 5.69 Å². The van der Waals surface area contributed by atoms with Crippen molar-refractivity contribution < 1.29 is 4.74 Å². The number of rotatable bonds is 5. The molecule has 0 saturated heterocycles. The average Bonchev–Trinajstić information content (AvgIpc) is 2.42. The van der Waals surface area contributed by atoms with Crippen LogP contribution in [0, 0.1) is 0 Å². The van der Waals surface area contributed by atoms with Crippen molar-refractivity contribution in [1.29, 1.82) is 0 Å². The minimum Gasteiger partial charge on any atom is -0.470 e. The smallest absolute Gasteiger partial charge is 0.239 e. The van der Waals surface area contributed by atoms with E-state index in [4.69, 9.17) is 10.5 Å². The maximum absolute atomic E-state index is 5.89. The Bertz CT molecular complexity index is 579. The Balaban J connectivity index is 1.96. The minimum absolute atomic E-state index is 0.323. The highest BCUT2D eigenvalue weighted by Crippen LogP contribution is 2.24. The average molecular weight is 286 g/mol. The van der Waals surface area contributed by atoms with Crippen molar-refractivity contribution in [2.45, 2.75) is 32.8 Å². The number of pyridine rings is 2. The number of nitrogen functional groups attached to an aromatic ring is 1. The second-order valence-electron chi connectivity index (χ2n) is 5.84. The first-order valence-electron chi connectivity index (χ1n) is 7.02. The number of nitrogens with two attached hydrogens (primary N) is 1. The van der Waals surface area contributed by atoms with Crippen LogP contribution < -0.4 is 15.8 Å². The lowest BCUT2D eigenvalue weighted by molar-refractivity contribution is 0.125. The van der Waals surface area contributed by atoms with E-state index in [0.717, 1.165) is 18.8 Å². The van der Waals surface area contributed by atoms with E-state index >= 15 is 0 Å². The van der Waals surface area contributed by atoms with Crippen molar-refractivity contribution in [3.63, 3.8) is 0 Å². The van der Waals surface area contributed by atoms with E-state index in [1.807, 2.05) is 45.0 Å². The summed E-state index contributed by atoms with van der Waals surface area (Å²) in [5, 5.41) is 3.28. The van der Waals surface area contributed by atoms with Crippen LogP contribution in [-0.2, 0) is 6.42 Å². The first-order chi connectivity index (χ1) is 9.94. The van der Waals surface area contributed by atoms with Crippen molar-refractivity contribution in [2.75, 3.05) is 17.6 Å². The molecule has 0 atom stereocenters. The van der Waals surface area contributed by atoms with Crippen LogP contribution in [0.15, 0.2) is 36.7 Å². The summed E-state index contributed by atoms with van der Waals surface area (Å²) in [6, 6.07) is 7.68. The van der Waals surface area contributed by atoms with Gasteiger partial charge in [0.25, 0.3) is 0 Å². The summed E-state index contributed by atoms with van der Waals surface area (Å²) in [5.74, 6) is 1.23. The molecule has 0 aromatic carbocycles. The van der Waals surface area contributed by atoms with Gasteiger partial charge in [-0.3, -0.25) is 4.98 Å². The highest BCUT2D eigenvalue weighted by atomic mass is 16.5. The molecule has 0 aliphatic heterocycles. The number of hydrogen-bond acceptors (Lipinski definition) is 5. The van der Waals surface area contributed by atoms with Crippen LogP contribution in [0.4, 0.5) is 11.5 Å². The lowest BCUT2D eigenvalue weighted by Crippen LogP contribution is -2.24. The first kappa shape index (κ1) is 15.1. The number of nitrogens with zero attached hydrogens (tertiary/aromatic N) is 2. The van der Waals surface area contributed by atoms with Crippen molar-refractivity contribution in [3.05, 3.63) is 42.2 Å². The Morgan fingerprint density at radius 1 is 1.14 bits per heavy atom. The van der Waals surface area contributed by atoms with Crippen LogP contribution in [0.2, 0.25) is 0 Å². The number of ether oxygens (including phenoxy) is 1. The molecule has 5 heteroatoms. The summed E-state index contributed by atoms with van der Waals surface area (Å²) < 4.78 is 5.75. The molecule has 0 spiro atoms. The third-order valence-corrected chi connectivity index (χ3v) is 2.76. The van der Waals surface area contributed by atoms with E-state index < -0.39 is 0 Å². The number of anilines is 2. The predicted octanol–water partition coefficient (Wildman–Crippen LogP) is 2.89. The van der Waals surface area contributed by atoms with Gasteiger partial charge in [-0.1, -0.05) is 0 Å². The van der Waals surface area contributed by atoms with Crippen molar-refractivity contribution in [3.8, 4) is 5.88 Å². The van der Waals surface area contributed by atoms with Crippen LogP contribution in [-0.4, -0.2) is 22.1 Å². The van der Waals surface area contributed by atoms with E-state index in [0.29, 0.717) is 11.6 Å². The molecule has 112 valence electrons. The number of nitrogens with one attached hydrogen (secondary N) is 1. The molecule has 2 aromatic rings. The maximum Gasteiger partial charge on any atom is 0.239 e. The van der Waals surface area contributed by atoms with Gasteiger partial charge in [-0.05, 0) is 57.0 Å². The highest BCUT2D eigenvalue weighted by molar-refractivity contribution is 5.53. The van der Waals surface area contributed by atoms with Crippen LogP contribution in [0.25, 0.3) is 0 Å². The molecule has 0 saturated carbocycles. The SMILES string of the molecule is CC(C)(C)Oc1nc(NCCc2ccncc2)ccc1N. The predicted molar refractivity (Wildman–Crippen MR) is 85.5 cm³/mol. The minimum atomic E-state index is -0.323. The Labute approximate surface area is 125 Å². The zero-order valence-corrected chi connectivity index (χ0v) is 12.8. The molecule has 2 rings (SSSR count). The largest absolute Gasteiger partial charge is 0.470 e. The molecular formula is C16H22N4O. The number of hydrogen-bond donors (Lipinski definition) is 2. The molecule has 0 fully saturated rings. The van der Waals surface area contributed by atoms with Gasteiger partial charge >= 0.3 is 0 Å². The monoisotopic (exact) mass is 286 g/mol. The Hall–Kier alpha value is -2.30. The van der Waals surface area contributed by atoms with Crippen LogP contribution in [0.3, 0.4) is 0 Å². The molecular weight excluding hydrogens is 264 g/mol. The second kappa shape index (κ2) is 6.43. The van der Waals surface area contributed by atoms with Crippen molar-refractivity contribution >= 4 is 11.5 Å². The Morgan fingerprint density at radius 2 is 1.86 bits per heavy atom.